The minimum atomic E-state index is -0.155. The van der Waals surface area contributed by atoms with Crippen LogP contribution in [0.1, 0.15) is 12.8 Å². The van der Waals surface area contributed by atoms with Gasteiger partial charge in [0.25, 0.3) is 5.91 Å². The quantitative estimate of drug-likeness (QED) is 0.526. The Bertz CT molecular complexity index is 274. The number of nitrogens with zero attached hydrogens (tertiary/aromatic N) is 1. The molecule has 3 nitrogen and oxygen atoms in total. The van der Waals surface area contributed by atoms with Crippen LogP contribution in [-0.4, -0.2) is 18.7 Å². The third-order valence-electron chi connectivity index (χ3n) is 2.15. The van der Waals surface area contributed by atoms with Gasteiger partial charge in [-0.15, -0.1) is 0 Å². The van der Waals surface area contributed by atoms with Crippen LogP contribution in [0.2, 0.25) is 0 Å². The van der Waals surface area contributed by atoms with Crippen molar-refractivity contribution in [2.45, 2.75) is 12.8 Å². The highest BCUT2D eigenvalue weighted by atomic mass is 16.1. The number of carbonyl (C=O) groups is 1. The summed E-state index contributed by atoms with van der Waals surface area (Å²) in [6.45, 7) is 1.16. The molecule has 0 aromatic carbocycles. The molecule has 2 rings (SSSR count). The molecule has 1 amide bonds. The van der Waals surface area contributed by atoms with Gasteiger partial charge in [0, 0.05) is 30.7 Å². The molecule has 1 saturated heterocycles. The Morgan fingerprint density at radius 2 is 2.33 bits per heavy atom. The van der Waals surface area contributed by atoms with Crippen molar-refractivity contribution >= 4 is 12.1 Å². The van der Waals surface area contributed by atoms with Crippen molar-refractivity contribution in [2.24, 2.45) is 4.99 Å². The summed E-state index contributed by atoms with van der Waals surface area (Å²) in [6.07, 6.45) is 7.40. The lowest BCUT2D eigenvalue weighted by Crippen LogP contribution is -2.79. The topological polar surface area (TPSA) is 46.0 Å². The molecular formula is C9H11N2O+. The summed E-state index contributed by atoms with van der Waals surface area (Å²) in [6, 6.07) is 0. The van der Waals surface area contributed by atoms with Crippen molar-refractivity contribution < 1.29 is 10.1 Å². The van der Waals surface area contributed by atoms with E-state index in [0.717, 1.165) is 18.5 Å². The predicted molar refractivity (Wildman–Crippen MR) is 45.7 cm³/mol. The molecular weight excluding hydrogens is 152 g/mol. The minimum absolute atomic E-state index is 0.155. The molecule has 2 N–H and O–H groups in total. The van der Waals surface area contributed by atoms with Crippen LogP contribution in [0.4, 0.5) is 0 Å². The van der Waals surface area contributed by atoms with Gasteiger partial charge in [-0.1, -0.05) is 0 Å². The minimum Gasteiger partial charge on any atom is -0.317 e. The molecule has 62 valence electrons. The van der Waals surface area contributed by atoms with Crippen LogP contribution >= 0.6 is 0 Å². The highest BCUT2D eigenvalue weighted by molar-refractivity contribution is 6.03. The maximum Gasteiger partial charge on any atom is 0.269 e. The Hall–Kier alpha value is -1.22. The Labute approximate surface area is 70.9 Å². The lowest BCUT2D eigenvalue weighted by Gasteiger charge is -2.00. The molecule has 0 bridgehead atoms. The zero-order valence-electron chi connectivity index (χ0n) is 6.79. The number of nitrogens with two attached hydrogens (primary N) is 1. The third kappa shape index (κ3) is 1.36. The summed E-state index contributed by atoms with van der Waals surface area (Å²) < 4.78 is 0. The maximum atomic E-state index is 10.7. The maximum absolute atomic E-state index is 10.7. The number of aliphatic imine (C=N–C) groups is 1. The SMILES string of the molecule is O=C1C=C/C(=C2\CCC[NH2+]2)C=N1. The first-order valence-electron chi connectivity index (χ1n) is 4.19. The monoisotopic (exact) mass is 163 g/mol. The lowest BCUT2D eigenvalue weighted by atomic mass is 10.1. The van der Waals surface area contributed by atoms with Crippen LogP contribution < -0.4 is 5.32 Å². The number of quaternary nitrogens is 1. The molecule has 0 aromatic heterocycles. The van der Waals surface area contributed by atoms with Crippen molar-refractivity contribution in [1.82, 2.24) is 0 Å². The molecule has 2 aliphatic heterocycles. The number of allylic oxidation sites excluding steroid dienone is 3. The average molecular weight is 163 g/mol. The van der Waals surface area contributed by atoms with Crippen molar-refractivity contribution in [3.8, 4) is 0 Å². The van der Waals surface area contributed by atoms with Crippen molar-refractivity contribution in [1.29, 1.82) is 0 Å². The molecule has 2 heterocycles. The number of amides is 1. The number of dihydropyridines is 1. The van der Waals surface area contributed by atoms with Crippen LogP contribution in [0.5, 0.6) is 0 Å². The van der Waals surface area contributed by atoms with E-state index in [0.29, 0.717) is 0 Å². The normalized spacial score (nSPS) is 28.5. The fourth-order valence-corrected chi connectivity index (χ4v) is 1.50. The first kappa shape index (κ1) is 7.43. The molecule has 3 heteroatoms. The summed E-state index contributed by atoms with van der Waals surface area (Å²) in [4.78, 5) is 14.4. The summed E-state index contributed by atoms with van der Waals surface area (Å²) in [5, 5.41) is 2.22. The van der Waals surface area contributed by atoms with E-state index < -0.39 is 0 Å². The third-order valence-corrected chi connectivity index (χ3v) is 2.15. The zero-order valence-corrected chi connectivity index (χ0v) is 6.79. The van der Waals surface area contributed by atoms with Crippen LogP contribution in [0.25, 0.3) is 0 Å². The van der Waals surface area contributed by atoms with Gasteiger partial charge in [-0.2, -0.15) is 0 Å². The lowest BCUT2D eigenvalue weighted by molar-refractivity contribution is -0.591. The molecule has 0 atom stereocenters. The molecule has 0 saturated carbocycles. The molecule has 0 spiro atoms. The van der Waals surface area contributed by atoms with E-state index in [1.807, 2.05) is 6.08 Å². The van der Waals surface area contributed by atoms with Gasteiger partial charge in [0.1, 0.15) is 5.70 Å². The summed E-state index contributed by atoms with van der Waals surface area (Å²) in [5.74, 6) is -0.155. The Morgan fingerprint density at radius 1 is 1.42 bits per heavy atom. The molecule has 2 aliphatic rings. The van der Waals surface area contributed by atoms with Gasteiger partial charge < -0.3 is 5.32 Å². The van der Waals surface area contributed by atoms with Gasteiger partial charge in [0.05, 0.1) is 6.54 Å². The standard InChI is InChI=1S/C9H10N2O/c12-9-4-3-7(6-11-9)8-2-1-5-10-8/h3-4,6,10H,1-2,5H2/p+1/b8-7-. The highest BCUT2D eigenvalue weighted by Gasteiger charge is 2.15. The largest absolute Gasteiger partial charge is 0.317 e. The molecule has 1 fully saturated rings. The van der Waals surface area contributed by atoms with E-state index in [4.69, 9.17) is 0 Å². The van der Waals surface area contributed by atoms with E-state index in [2.05, 4.69) is 10.3 Å². The van der Waals surface area contributed by atoms with Gasteiger partial charge in [-0.3, -0.25) is 4.79 Å². The Morgan fingerprint density at radius 3 is 2.92 bits per heavy atom. The smallest absolute Gasteiger partial charge is 0.269 e. The van der Waals surface area contributed by atoms with E-state index in [-0.39, 0.29) is 5.91 Å². The van der Waals surface area contributed by atoms with Crippen LogP contribution in [0.3, 0.4) is 0 Å². The van der Waals surface area contributed by atoms with E-state index in [1.165, 1.54) is 18.2 Å². The first-order chi connectivity index (χ1) is 5.86. The number of rotatable bonds is 0. The second-order valence-electron chi connectivity index (χ2n) is 3.01. The van der Waals surface area contributed by atoms with Crippen LogP contribution in [0.15, 0.2) is 28.4 Å². The second kappa shape index (κ2) is 3.03. The summed E-state index contributed by atoms with van der Waals surface area (Å²) in [7, 11) is 0. The number of hydrogen-bond acceptors (Lipinski definition) is 1. The van der Waals surface area contributed by atoms with Crippen LogP contribution in [-0.2, 0) is 4.79 Å². The van der Waals surface area contributed by atoms with E-state index >= 15 is 0 Å². The average Bonchev–Trinajstić information content (AvgIpc) is 2.58. The highest BCUT2D eigenvalue weighted by Crippen LogP contribution is 2.10. The summed E-state index contributed by atoms with van der Waals surface area (Å²) in [5.41, 5.74) is 2.44. The Balaban J connectivity index is 2.24. The van der Waals surface area contributed by atoms with Gasteiger partial charge in [0.2, 0.25) is 0 Å². The van der Waals surface area contributed by atoms with Gasteiger partial charge in [-0.25, -0.2) is 4.99 Å². The fourth-order valence-electron chi connectivity index (χ4n) is 1.50. The van der Waals surface area contributed by atoms with Crippen molar-refractivity contribution in [2.75, 3.05) is 6.54 Å². The molecule has 0 aliphatic carbocycles. The van der Waals surface area contributed by atoms with E-state index in [9.17, 15) is 4.79 Å². The first-order valence-corrected chi connectivity index (χ1v) is 4.19. The van der Waals surface area contributed by atoms with Crippen molar-refractivity contribution in [3.63, 3.8) is 0 Å². The molecule has 0 radical (unpaired) electrons. The zero-order chi connectivity index (χ0) is 8.39. The summed E-state index contributed by atoms with van der Waals surface area (Å²) >= 11 is 0. The predicted octanol–water partition coefficient (Wildman–Crippen LogP) is -0.235. The van der Waals surface area contributed by atoms with Crippen molar-refractivity contribution in [3.05, 3.63) is 23.4 Å². The van der Waals surface area contributed by atoms with E-state index in [1.54, 1.807) is 6.21 Å². The number of carbonyl (C=O) groups excluding carboxylic acids is 1. The molecule has 12 heavy (non-hydrogen) atoms. The molecule has 0 aromatic rings. The fraction of sp³-hybridized carbons (Fsp3) is 0.333. The van der Waals surface area contributed by atoms with Gasteiger partial charge in [0.15, 0.2) is 0 Å². The second-order valence-corrected chi connectivity index (χ2v) is 3.01. The van der Waals surface area contributed by atoms with Gasteiger partial charge >= 0.3 is 0 Å². The van der Waals surface area contributed by atoms with Crippen LogP contribution in [0, 0.1) is 0 Å². The number of hydrogen-bond donors (Lipinski definition) is 1. The molecule has 0 unspecified atom stereocenters. The Kier molecular flexibility index (Phi) is 1.87. The van der Waals surface area contributed by atoms with Gasteiger partial charge in [-0.05, 0) is 6.08 Å².